The Balaban J connectivity index is 0.932. The van der Waals surface area contributed by atoms with Crippen LogP contribution in [-0.4, -0.2) is 36.4 Å². The second-order valence-electron chi connectivity index (χ2n) is 14.4. The summed E-state index contributed by atoms with van der Waals surface area (Å²) in [5.74, 6) is 2.41. The lowest BCUT2D eigenvalue weighted by Crippen LogP contribution is -3.61. The minimum absolute atomic E-state index is 0.0932. The molecular formula is C44H46I5O8+. The van der Waals surface area contributed by atoms with Crippen molar-refractivity contribution in [2.24, 2.45) is 0 Å². The monoisotopic (exact) mass is 1340 g/mol. The molecular weight excluding hydrogens is 1290 g/mol. The predicted octanol–water partition coefficient (Wildman–Crippen LogP) is 8.68. The molecule has 0 saturated heterocycles. The number of carbonyl (C=O) groups excluding carboxylic acids is 2. The van der Waals surface area contributed by atoms with Crippen LogP contribution >= 0.6 is 90.4 Å². The minimum atomic E-state index is -0.375. The molecule has 304 valence electrons. The lowest BCUT2D eigenvalue weighted by Gasteiger charge is -2.27. The molecule has 57 heavy (non-hydrogen) atoms. The van der Waals surface area contributed by atoms with E-state index >= 15 is 0 Å². The van der Waals surface area contributed by atoms with E-state index < -0.39 is 0 Å². The van der Waals surface area contributed by atoms with Gasteiger partial charge in [-0.1, -0.05) is 13.8 Å². The highest BCUT2D eigenvalue weighted by Crippen LogP contribution is 2.38. The zero-order valence-corrected chi connectivity index (χ0v) is 42.8. The van der Waals surface area contributed by atoms with E-state index in [9.17, 15) is 9.59 Å². The Labute approximate surface area is 400 Å². The zero-order chi connectivity index (χ0) is 40.4. The van der Waals surface area contributed by atoms with Crippen LogP contribution in [0, 0.1) is 21.4 Å². The molecule has 0 aromatic heterocycles. The van der Waals surface area contributed by atoms with E-state index in [1.165, 1.54) is 7.14 Å². The highest BCUT2D eigenvalue weighted by molar-refractivity contribution is 14.1. The van der Waals surface area contributed by atoms with E-state index in [0.717, 1.165) is 101 Å². The van der Waals surface area contributed by atoms with Crippen molar-refractivity contribution in [3.05, 3.63) is 105 Å². The van der Waals surface area contributed by atoms with Gasteiger partial charge in [-0.2, -0.15) is 0 Å². The van der Waals surface area contributed by atoms with Crippen molar-refractivity contribution in [2.45, 2.75) is 102 Å². The summed E-state index contributed by atoms with van der Waals surface area (Å²) < 4.78 is 42.2. The number of halogens is 5. The highest BCUT2D eigenvalue weighted by Gasteiger charge is 2.37. The molecule has 4 aromatic carbocycles. The third-order valence-electron chi connectivity index (χ3n) is 10.4. The van der Waals surface area contributed by atoms with Crippen LogP contribution in [0.1, 0.15) is 89.2 Å². The van der Waals surface area contributed by atoms with Gasteiger partial charge in [-0.15, -0.1) is 0 Å². The number of esters is 2. The number of benzene rings is 4. The van der Waals surface area contributed by atoms with E-state index in [4.69, 9.17) is 28.4 Å². The standard InChI is InChI=1S/C44H46I5O8/c1-3-43(17-5-6-18-43)56-39(50)27-54-41-35(45)21-29(22-36(41)46)25-52-33-13-9-31(10-14-33)49-32-11-15-34(16-12-32)53-26-30-23-37(47)42(38(48)24-30)55-28-40(51)57-44(4-2)19-7-8-20-44/h9-16,21-24H,3-8,17-20,25-28H2,1-2H3/q+1. The molecule has 0 radical (unpaired) electrons. The smallest absolute Gasteiger partial charge is 0.357 e. The van der Waals surface area contributed by atoms with Gasteiger partial charge in [0.2, 0.25) is 0 Å². The van der Waals surface area contributed by atoms with Gasteiger partial charge in [-0.3, -0.25) is 0 Å². The molecule has 13 heteroatoms. The summed E-state index contributed by atoms with van der Waals surface area (Å²) in [4.78, 5) is 25.2. The first-order valence-electron chi connectivity index (χ1n) is 19.2. The molecule has 0 aliphatic heterocycles. The first-order chi connectivity index (χ1) is 27.5. The average molecular weight is 1340 g/mol. The summed E-state index contributed by atoms with van der Waals surface area (Å²) in [5.41, 5.74) is 1.43. The van der Waals surface area contributed by atoms with E-state index in [-0.39, 0.29) is 57.6 Å². The molecule has 4 aromatic rings. The molecule has 0 bridgehead atoms. The van der Waals surface area contributed by atoms with E-state index in [1.807, 2.05) is 48.5 Å². The number of carbonyl (C=O) groups is 2. The first kappa shape index (κ1) is 45.2. The van der Waals surface area contributed by atoms with Crippen molar-refractivity contribution in [3.63, 3.8) is 0 Å². The quantitative estimate of drug-likeness (QED) is 0.0723. The third kappa shape index (κ3) is 12.8. The fourth-order valence-corrected chi connectivity index (χ4v) is 13.8. The van der Waals surface area contributed by atoms with Gasteiger partial charge < -0.3 is 28.4 Å². The Hall–Kier alpha value is -1.33. The third-order valence-corrected chi connectivity index (χ3v) is 16.3. The summed E-state index contributed by atoms with van der Waals surface area (Å²) in [6, 6.07) is 24.8. The summed E-state index contributed by atoms with van der Waals surface area (Å²) >= 11 is 8.63. The van der Waals surface area contributed by atoms with E-state index in [1.54, 1.807) is 0 Å². The molecule has 0 amide bonds. The van der Waals surface area contributed by atoms with Crippen LogP contribution in [-0.2, 0) is 32.3 Å². The SMILES string of the molecule is CCC1(OC(=O)COc2c(I)cc(COc3ccc([I+]c4ccc(OCc5cc(I)c(OCC(=O)OC6(CC)CCCC6)c(I)c5)cc4)cc3)cc2I)CCCC1. The molecule has 2 fully saturated rings. The van der Waals surface area contributed by atoms with Gasteiger partial charge in [0.15, 0.2) is 20.4 Å². The first-order valence-corrected chi connectivity index (χ1v) is 25.7. The molecule has 0 N–H and O–H groups in total. The van der Waals surface area contributed by atoms with Crippen LogP contribution < -0.4 is 40.2 Å². The number of rotatable bonds is 18. The highest BCUT2D eigenvalue weighted by atomic mass is 127. The van der Waals surface area contributed by atoms with Crippen LogP contribution in [0.2, 0.25) is 0 Å². The maximum Gasteiger partial charge on any atom is 0.357 e. The van der Waals surface area contributed by atoms with Gasteiger partial charge in [0.1, 0.15) is 47.4 Å². The van der Waals surface area contributed by atoms with Gasteiger partial charge in [0.25, 0.3) is 0 Å². The van der Waals surface area contributed by atoms with E-state index in [0.29, 0.717) is 24.7 Å². The molecule has 0 atom stereocenters. The van der Waals surface area contributed by atoms with Crippen LogP contribution in [0.3, 0.4) is 0 Å². The normalized spacial score (nSPS) is 15.5. The Morgan fingerprint density at radius 3 is 1.19 bits per heavy atom. The average Bonchev–Trinajstić information content (AvgIpc) is 3.87. The Morgan fingerprint density at radius 1 is 0.544 bits per heavy atom. The van der Waals surface area contributed by atoms with Crippen molar-refractivity contribution in [1.82, 2.24) is 0 Å². The molecule has 6 rings (SSSR count). The van der Waals surface area contributed by atoms with Gasteiger partial charge in [-0.05, 0) is 238 Å². The fourth-order valence-electron chi connectivity index (χ4n) is 7.21. The summed E-state index contributed by atoms with van der Waals surface area (Å²) in [7, 11) is 0. The van der Waals surface area contributed by atoms with Crippen LogP contribution in [0.5, 0.6) is 23.0 Å². The molecule has 0 heterocycles. The van der Waals surface area contributed by atoms with Crippen LogP contribution in [0.25, 0.3) is 0 Å². The molecule has 2 aliphatic rings. The second kappa shape index (κ2) is 21.5. The van der Waals surface area contributed by atoms with Crippen LogP contribution in [0.4, 0.5) is 0 Å². The minimum Gasteiger partial charge on any atom is -0.489 e. The fraction of sp³-hybridized carbons (Fsp3) is 0.409. The number of hydrogen-bond donors (Lipinski definition) is 0. The summed E-state index contributed by atoms with van der Waals surface area (Å²) in [6.07, 6.45) is 9.86. The van der Waals surface area contributed by atoms with Gasteiger partial charge in [0.05, 0.1) is 14.3 Å². The maximum atomic E-state index is 12.6. The zero-order valence-electron chi connectivity index (χ0n) is 32.0. The van der Waals surface area contributed by atoms with Gasteiger partial charge in [-0.25, -0.2) is 9.59 Å². The number of ether oxygens (including phenoxy) is 6. The van der Waals surface area contributed by atoms with Crippen molar-refractivity contribution in [3.8, 4) is 23.0 Å². The Morgan fingerprint density at radius 2 is 0.877 bits per heavy atom. The molecule has 0 spiro atoms. The summed E-state index contributed by atoms with van der Waals surface area (Å²) in [5, 5.41) is 0. The van der Waals surface area contributed by atoms with Crippen molar-refractivity contribution in [1.29, 1.82) is 0 Å². The van der Waals surface area contributed by atoms with Gasteiger partial charge >= 0.3 is 33.1 Å². The second-order valence-corrected chi connectivity index (χ2v) is 22.0. The largest absolute Gasteiger partial charge is 0.489 e. The van der Waals surface area contributed by atoms with Crippen molar-refractivity contribution < 1.29 is 59.2 Å². The van der Waals surface area contributed by atoms with Crippen molar-refractivity contribution >= 4 is 102 Å². The molecule has 0 unspecified atom stereocenters. The lowest BCUT2D eigenvalue weighted by molar-refractivity contribution is -0.597. The van der Waals surface area contributed by atoms with Gasteiger partial charge in [0, 0.05) is 0 Å². The summed E-state index contributed by atoms with van der Waals surface area (Å²) in [6.45, 7) is 4.84. The molecule has 2 aliphatic carbocycles. The molecule has 2 saturated carbocycles. The predicted molar refractivity (Wildman–Crippen MR) is 249 cm³/mol. The Bertz CT molecular complexity index is 1800. The van der Waals surface area contributed by atoms with E-state index in [2.05, 4.69) is 128 Å². The molecule has 8 nitrogen and oxygen atoms in total. The topological polar surface area (TPSA) is 89.5 Å². The number of hydrogen-bond acceptors (Lipinski definition) is 8. The lowest BCUT2D eigenvalue weighted by atomic mass is 9.99. The maximum absolute atomic E-state index is 12.6. The van der Waals surface area contributed by atoms with Crippen LogP contribution in [0.15, 0.2) is 72.8 Å². The Kier molecular flexibility index (Phi) is 17.0. The van der Waals surface area contributed by atoms with Crippen molar-refractivity contribution in [2.75, 3.05) is 13.2 Å².